The highest BCUT2D eigenvalue weighted by atomic mass is 28.3. The first-order chi connectivity index (χ1) is 11.8. The van der Waals surface area contributed by atoms with Crippen molar-refractivity contribution < 1.29 is 9.53 Å². The Labute approximate surface area is 146 Å². The fourth-order valence-electron chi connectivity index (χ4n) is 2.50. The molecule has 3 heterocycles. The topological polar surface area (TPSA) is 95.9 Å². The number of aromatic nitrogens is 4. The Balaban J connectivity index is 1.95. The molecule has 0 bridgehead atoms. The average Bonchev–Trinajstić information content (AvgIpc) is 2.92. The summed E-state index contributed by atoms with van der Waals surface area (Å²) in [7, 11) is -1.31. The Bertz CT molecular complexity index is 917. The van der Waals surface area contributed by atoms with Gasteiger partial charge in [0.05, 0.1) is 19.3 Å². The van der Waals surface area contributed by atoms with Gasteiger partial charge >= 0.3 is 0 Å². The number of carbonyl (C=O) groups excluding carboxylic acids is 1. The van der Waals surface area contributed by atoms with Gasteiger partial charge < -0.3 is 15.0 Å². The van der Waals surface area contributed by atoms with Crippen molar-refractivity contribution in [2.75, 3.05) is 12.0 Å². The van der Waals surface area contributed by atoms with Crippen molar-refractivity contribution in [2.45, 2.75) is 26.4 Å². The van der Waals surface area contributed by atoms with Crippen LogP contribution >= 0.6 is 0 Å². The Morgan fingerprint density at radius 2 is 2.04 bits per heavy atom. The predicted molar refractivity (Wildman–Crippen MR) is 98.9 cm³/mol. The lowest BCUT2D eigenvalue weighted by molar-refractivity contribution is 0.103. The molecule has 0 fully saturated rings. The lowest BCUT2D eigenvalue weighted by Gasteiger charge is -2.16. The highest BCUT2D eigenvalue weighted by molar-refractivity contribution is 6.76. The molecule has 0 amide bonds. The Morgan fingerprint density at radius 1 is 1.24 bits per heavy atom. The molecule has 3 aromatic rings. The van der Waals surface area contributed by atoms with Crippen LogP contribution < -0.4 is 5.73 Å². The molecule has 3 aromatic heterocycles. The lowest BCUT2D eigenvalue weighted by Crippen LogP contribution is -2.28. The number of rotatable bonds is 6. The number of nitrogen functional groups attached to an aromatic ring is 1. The summed E-state index contributed by atoms with van der Waals surface area (Å²) in [6.45, 7) is 7.07. The van der Waals surface area contributed by atoms with Gasteiger partial charge in [-0.15, -0.1) is 0 Å². The van der Waals surface area contributed by atoms with Crippen LogP contribution in [0, 0.1) is 0 Å². The SMILES string of the molecule is C[Si](C)(C)COCn1cc(C(=O)c2cncc(N)c2)c2cncnc21. The first-order valence-electron chi connectivity index (χ1n) is 7.97. The van der Waals surface area contributed by atoms with E-state index >= 15 is 0 Å². The summed E-state index contributed by atoms with van der Waals surface area (Å²) in [4.78, 5) is 25.2. The van der Waals surface area contributed by atoms with Gasteiger partial charge in [0, 0.05) is 42.0 Å². The van der Waals surface area contributed by atoms with Crippen molar-refractivity contribution in [1.29, 1.82) is 0 Å². The number of ether oxygens (including phenoxy) is 1. The molecule has 0 saturated heterocycles. The van der Waals surface area contributed by atoms with E-state index in [1.807, 2.05) is 4.57 Å². The fraction of sp³-hybridized carbons (Fsp3) is 0.294. The maximum absolute atomic E-state index is 12.9. The minimum atomic E-state index is -1.31. The van der Waals surface area contributed by atoms with Gasteiger partial charge in [-0.25, -0.2) is 9.97 Å². The van der Waals surface area contributed by atoms with Gasteiger partial charge in [-0.05, 0) is 6.07 Å². The molecule has 0 aliphatic heterocycles. The Kier molecular flexibility index (Phi) is 4.64. The first-order valence-corrected chi connectivity index (χ1v) is 11.7. The number of nitrogens with zero attached hydrogens (tertiary/aromatic N) is 4. The lowest BCUT2D eigenvalue weighted by atomic mass is 10.1. The molecule has 0 unspecified atom stereocenters. The molecule has 2 N–H and O–H groups in total. The van der Waals surface area contributed by atoms with Crippen LogP contribution in [0.3, 0.4) is 0 Å². The number of ketones is 1. The van der Waals surface area contributed by atoms with E-state index in [1.54, 1.807) is 18.5 Å². The molecule has 3 rings (SSSR count). The normalized spacial score (nSPS) is 11.8. The molecule has 0 saturated carbocycles. The third-order valence-corrected chi connectivity index (χ3v) is 4.64. The van der Waals surface area contributed by atoms with Crippen LogP contribution in [0.5, 0.6) is 0 Å². The number of pyridine rings is 1. The maximum atomic E-state index is 12.9. The van der Waals surface area contributed by atoms with E-state index in [0.717, 1.165) is 6.23 Å². The largest absolute Gasteiger partial charge is 0.397 e. The molecular weight excluding hydrogens is 334 g/mol. The first kappa shape index (κ1) is 17.2. The summed E-state index contributed by atoms with van der Waals surface area (Å²) in [6, 6.07) is 1.62. The molecule has 0 radical (unpaired) electrons. The second-order valence-electron chi connectivity index (χ2n) is 7.15. The molecule has 7 nitrogen and oxygen atoms in total. The third kappa shape index (κ3) is 3.91. The zero-order valence-corrected chi connectivity index (χ0v) is 15.6. The number of anilines is 1. The molecule has 0 aromatic carbocycles. The van der Waals surface area contributed by atoms with Crippen molar-refractivity contribution in [3.8, 4) is 0 Å². The van der Waals surface area contributed by atoms with Gasteiger partial charge in [0.2, 0.25) is 0 Å². The van der Waals surface area contributed by atoms with Crippen LogP contribution in [0.15, 0.2) is 37.2 Å². The zero-order chi connectivity index (χ0) is 18.0. The van der Waals surface area contributed by atoms with E-state index in [1.165, 1.54) is 18.7 Å². The smallest absolute Gasteiger partial charge is 0.196 e. The van der Waals surface area contributed by atoms with Gasteiger partial charge in [0.1, 0.15) is 18.7 Å². The minimum absolute atomic E-state index is 0.163. The van der Waals surface area contributed by atoms with Crippen LogP contribution in [-0.2, 0) is 11.5 Å². The summed E-state index contributed by atoms with van der Waals surface area (Å²) in [6.07, 6.45) is 8.62. The quantitative estimate of drug-likeness (QED) is 0.539. The molecule has 8 heteroatoms. The van der Waals surface area contributed by atoms with E-state index in [4.69, 9.17) is 10.5 Å². The van der Waals surface area contributed by atoms with Gasteiger partial charge in [-0.1, -0.05) is 19.6 Å². The van der Waals surface area contributed by atoms with Crippen LogP contribution in [0.4, 0.5) is 5.69 Å². The average molecular weight is 355 g/mol. The molecule has 0 aliphatic rings. The van der Waals surface area contributed by atoms with Crippen molar-refractivity contribution >= 4 is 30.6 Å². The van der Waals surface area contributed by atoms with E-state index in [9.17, 15) is 4.79 Å². The zero-order valence-electron chi connectivity index (χ0n) is 14.6. The predicted octanol–water partition coefficient (Wildman–Crippen LogP) is 2.49. The van der Waals surface area contributed by atoms with E-state index in [-0.39, 0.29) is 5.78 Å². The van der Waals surface area contributed by atoms with Crippen molar-refractivity contribution in [3.63, 3.8) is 0 Å². The standard InChI is InChI=1S/C17H21N5O2Si/c1-25(2,3)11-24-10-22-8-15(14-7-20-9-21-17(14)22)16(23)12-4-13(18)6-19-5-12/h4-9H,10-11,18H2,1-3H3. The summed E-state index contributed by atoms with van der Waals surface area (Å²) in [5.41, 5.74) is 7.81. The summed E-state index contributed by atoms with van der Waals surface area (Å²) >= 11 is 0. The van der Waals surface area contributed by atoms with Crippen LogP contribution in [-0.4, -0.2) is 39.6 Å². The third-order valence-electron chi connectivity index (χ3n) is 3.57. The van der Waals surface area contributed by atoms with Crippen LogP contribution in [0.1, 0.15) is 15.9 Å². The molecule has 25 heavy (non-hydrogen) atoms. The summed E-state index contributed by atoms with van der Waals surface area (Å²) in [5.74, 6) is -0.163. The van der Waals surface area contributed by atoms with E-state index < -0.39 is 8.07 Å². The minimum Gasteiger partial charge on any atom is -0.397 e. The monoisotopic (exact) mass is 355 g/mol. The van der Waals surface area contributed by atoms with Gasteiger partial charge in [-0.2, -0.15) is 0 Å². The number of nitrogens with two attached hydrogens (primary N) is 1. The number of hydrogen-bond donors (Lipinski definition) is 1. The number of hydrogen-bond acceptors (Lipinski definition) is 6. The Hall–Kier alpha value is -2.58. The number of carbonyl (C=O) groups is 1. The maximum Gasteiger partial charge on any atom is 0.196 e. The second-order valence-corrected chi connectivity index (χ2v) is 12.6. The van der Waals surface area contributed by atoms with Crippen LogP contribution in [0.2, 0.25) is 19.6 Å². The summed E-state index contributed by atoms with van der Waals surface area (Å²) in [5, 5.41) is 0.687. The second kappa shape index (κ2) is 6.73. The van der Waals surface area contributed by atoms with E-state index in [2.05, 4.69) is 34.6 Å². The fourth-order valence-corrected chi connectivity index (χ4v) is 3.20. The van der Waals surface area contributed by atoms with Gasteiger partial charge in [-0.3, -0.25) is 9.78 Å². The van der Waals surface area contributed by atoms with E-state index in [0.29, 0.717) is 34.6 Å². The molecule has 130 valence electrons. The van der Waals surface area contributed by atoms with Crippen molar-refractivity contribution in [3.05, 3.63) is 48.3 Å². The molecular formula is C17H21N5O2Si. The molecule has 0 aliphatic carbocycles. The number of fused-ring (bicyclic) bond motifs is 1. The van der Waals surface area contributed by atoms with Gasteiger partial charge in [0.15, 0.2) is 5.78 Å². The highest BCUT2D eigenvalue weighted by Crippen LogP contribution is 2.22. The Morgan fingerprint density at radius 3 is 2.76 bits per heavy atom. The van der Waals surface area contributed by atoms with Crippen molar-refractivity contribution in [1.82, 2.24) is 19.5 Å². The molecule has 0 spiro atoms. The van der Waals surface area contributed by atoms with Crippen LogP contribution in [0.25, 0.3) is 11.0 Å². The molecule has 0 atom stereocenters. The highest BCUT2D eigenvalue weighted by Gasteiger charge is 2.19. The van der Waals surface area contributed by atoms with Gasteiger partial charge in [0.25, 0.3) is 0 Å². The van der Waals surface area contributed by atoms with Crippen molar-refractivity contribution in [2.24, 2.45) is 0 Å². The summed E-state index contributed by atoms with van der Waals surface area (Å²) < 4.78 is 7.67.